The van der Waals surface area contributed by atoms with Crippen LogP contribution in [0, 0.1) is 0 Å². The van der Waals surface area contributed by atoms with Gasteiger partial charge in [0.25, 0.3) is 5.91 Å². The highest BCUT2D eigenvalue weighted by Crippen LogP contribution is 2.39. The van der Waals surface area contributed by atoms with Crippen LogP contribution in [0.5, 0.6) is 11.5 Å². The fourth-order valence-electron chi connectivity index (χ4n) is 4.95. The lowest BCUT2D eigenvalue weighted by molar-refractivity contribution is -0.113. The van der Waals surface area contributed by atoms with E-state index in [-0.39, 0.29) is 17.6 Å². The highest BCUT2D eigenvalue weighted by atomic mass is 32.2. The van der Waals surface area contributed by atoms with Crippen LogP contribution >= 0.6 is 23.1 Å². The third kappa shape index (κ3) is 6.57. The number of carbonyl (C=O) groups is 2. The molecule has 0 unspecified atom stereocenters. The number of rotatable bonds is 11. The number of aromatic nitrogens is 3. The number of benzene rings is 2. The highest BCUT2D eigenvalue weighted by molar-refractivity contribution is 7.99. The molecule has 2 aromatic heterocycles. The quantitative estimate of drug-likeness (QED) is 0.211. The molecule has 0 fully saturated rings. The van der Waals surface area contributed by atoms with E-state index in [1.807, 2.05) is 60.0 Å². The van der Waals surface area contributed by atoms with Gasteiger partial charge in [-0.05, 0) is 68.0 Å². The first-order valence-electron chi connectivity index (χ1n) is 13.6. The van der Waals surface area contributed by atoms with Gasteiger partial charge in [-0.15, -0.1) is 21.5 Å². The zero-order valence-corrected chi connectivity index (χ0v) is 25.0. The molecular weight excluding hydrogens is 558 g/mol. The summed E-state index contributed by atoms with van der Waals surface area (Å²) in [6.07, 6.45) is 4.47. The van der Waals surface area contributed by atoms with Crippen LogP contribution in [-0.4, -0.2) is 46.6 Å². The molecule has 2 N–H and O–H groups in total. The van der Waals surface area contributed by atoms with E-state index >= 15 is 0 Å². The van der Waals surface area contributed by atoms with E-state index in [1.54, 1.807) is 14.2 Å². The average molecular weight is 592 g/mol. The predicted molar refractivity (Wildman–Crippen MR) is 163 cm³/mol. The van der Waals surface area contributed by atoms with E-state index in [9.17, 15) is 9.59 Å². The summed E-state index contributed by atoms with van der Waals surface area (Å²) in [6, 6.07) is 15.2. The summed E-state index contributed by atoms with van der Waals surface area (Å²) in [5.74, 6) is 1.90. The molecule has 1 aliphatic carbocycles. The van der Waals surface area contributed by atoms with Crippen LogP contribution in [0.3, 0.4) is 0 Å². The number of methoxy groups -OCH3 is 2. The van der Waals surface area contributed by atoms with Crippen molar-refractivity contribution < 1.29 is 19.1 Å². The SMILES string of the molecule is CCn1c(Cc2ccc(OC)c(OC)c2)nnc1SCC(=O)Nc1sc2c(c1C(=O)Nc1ccccc1)CCCC2. The maximum absolute atomic E-state index is 13.3. The molecule has 0 radical (unpaired) electrons. The van der Waals surface area contributed by atoms with Gasteiger partial charge in [0.05, 0.1) is 25.5 Å². The van der Waals surface area contributed by atoms with Gasteiger partial charge in [0.15, 0.2) is 16.7 Å². The first-order valence-corrected chi connectivity index (χ1v) is 15.4. The Morgan fingerprint density at radius 3 is 2.54 bits per heavy atom. The van der Waals surface area contributed by atoms with Gasteiger partial charge in [-0.25, -0.2) is 0 Å². The van der Waals surface area contributed by atoms with E-state index in [2.05, 4.69) is 20.8 Å². The number of ether oxygens (including phenoxy) is 2. The molecule has 2 aromatic carbocycles. The molecule has 2 amide bonds. The van der Waals surface area contributed by atoms with Gasteiger partial charge in [-0.1, -0.05) is 36.0 Å². The molecule has 11 heteroatoms. The number of fused-ring (bicyclic) bond motifs is 1. The van der Waals surface area contributed by atoms with Crippen molar-refractivity contribution in [3.05, 3.63) is 75.9 Å². The second-order valence-electron chi connectivity index (χ2n) is 9.58. The summed E-state index contributed by atoms with van der Waals surface area (Å²) >= 11 is 2.85. The topological polar surface area (TPSA) is 107 Å². The number of carbonyl (C=O) groups excluding carboxylic acids is 2. The highest BCUT2D eigenvalue weighted by Gasteiger charge is 2.27. The Morgan fingerprint density at radius 1 is 1.00 bits per heavy atom. The van der Waals surface area contributed by atoms with Crippen molar-refractivity contribution in [1.29, 1.82) is 0 Å². The van der Waals surface area contributed by atoms with E-state index in [4.69, 9.17) is 9.47 Å². The average Bonchev–Trinajstić information content (AvgIpc) is 3.56. The number of thioether (sulfide) groups is 1. The van der Waals surface area contributed by atoms with Gasteiger partial charge in [0.2, 0.25) is 5.91 Å². The molecular formula is C30H33N5O4S2. The molecule has 2 heterocycles. The molecule has 0 spiro atoms. The number of nitrogens with zero attached hydrogens (tertiary/aromatic N) is 3. The van der Waals surface area contributed by atoms with Crippen molar-refractivity contribution in [2.75, 3.05) is 30.6 Å². The summed E-state index contributed by atoms with van der Waals surface area (Å²) in [5, 5.41) is 16.1. The number of nitrogens with one attached hydrogen (secondary N) is 2. The fraction of sp³-hybridized carbons (Fsp3) is 0.333. The lowest BCUT2D eigenvalue weighted by atomic mass is 9.95. The minimum atomic E-state index is -0.191. The van der Waals surface area contributed by atoms with Crippen LogP contribution in [-0.2, 0) is 30.6 Å². The molecule has 214 valence electrons. The summed E-state index contributed by atoms with van der Waals surface area (Å²) in [7, 11) is 3.22. The molecule has 0 atom stereocenters. The summed E-state index contributed by atoms with van der Waals surface area (Å²) in [5.41, 5.74) is 3.38. The lowest BCUT2D eigenvalue weighted by Crippen LogP contribution is -2.19. The molecule has 5 rings (SSSR count). The van der Waals surface area contributed by atoms with Gasteiger partial charge in [0.1, 0.15) is 10.8 Å². The van der Waals surface area contributed by atoms with E-state index in [0.717, 1.165) is 48.3 Å². The molecule has 41 heavy (non-hydrogen) atoms. The van der Waals surface area contributed by atoms with Crippen LogP contribution in [0.1, 0.15) is 52.0 Å². The Labute approximate surface area is 247 Å². The van der Waals surface area contributed by atoms with E-state index < -0.39 is 0 Å². The van der Waals surface area contributed by atoms with Crippen LogP contribution in [0.25, 0.3) is 0 Å². The standard InChI is InChI=1S/C30H33N5O4S2/c1-4-35-25(17-19-14-15-22(38-2)23(16-19)39-3)33-34-30(35)40-18-26(36)32-29-27(21-12-8-9-13-24(21)41-29)28(37)31-20-10-6-5-7-11-20/h5-7,10-11,14-16H,4,8-9,12-13,17-18H2,1-3H3,(H,31,37)(H,32,36). The molecule has 4 aromatic rings. The zero-order chi connectivity index (χ0) is 28.8. The first-order chi connectivity index (χ1) is 20.0. The Bertz CT molecular complexity index is 1530. The Kier molecular flexibility index (Phi) is 9.25. The molecule has 0 saturated heterocycles. The fourth-order valence-corrected chi connectivity index (χ4v) is 7.07. The summed E-state index contributed by atoms with van der Waals surface area (Å²) < 4.78 is 12.8. The minimum absolute atomic E-state index is 0.150. The van der Waals surface area contributed by atoms with Crippen molar-refractivity contribution in [3.63, 3.8) is 0 Å². The minimum Gasteiger partial charge on any atom is -0.493 e. The van der Waals surface area contributed by atoms with Gasteiger partial charge in [-0.3, -0.25) is 9.59 Å². The molecule has 1 aliphatic rings. The maximum atomic E-state index is 13.3. The molecule has 0 aliphatic heterocycles. The van der Waals surface area contributed by atoms with Crippen LogP contribution in [0.2, 0.25) is 0 Å². The predicted octanol–water partition coefficient (Wildman–Crippen LogP) is 5.83. The lowest BCUT2D eigenvalue weighted by Gasteiger charge is -2.13. The van der Waals surface area contributed by atoms with Gasteiger partial charge < -0.3 is 24.7 Å². The van der Waals surface area contributed by atoms with Crippen molar-refractivity contribution in [2.45, 2.75) is 50.7 Å². The second-order valence-corrected chi connectivity index (χ2v) is 11.6. The molecule has 0 bridgehead atoms. The van der Waals surface area contributed by atoms with Crippen LogP contribution < -0.4 is 20.1 Å². The van der Waals surface area contributed by atoms with Gasteiger partial charge >= 0.3 is 0 Å². The Morgan fingerprint density at radius 2 is 1.78 bits per heavy atom. The van der Waals surface area contributed by atoms with Crippen molar-refractivity contribution in [1.82, 2.24) is 14.8 Å². The third-order valence-corrected chi connectivity index (χ3v) is 9.11. The second kappa shape index (κ2) is 13.2. The summed E-state index contributed by atoms with van der Waals surface area (Å²) in [6.45, 7) is 2.69. The molecule has 9 nitrogen and oxygen atoms in total. The first kappa shape index (κ1) is 28.7. The van der Waals surface area contributed by atoms with E-state index in [0.29, 0.717) is 40.2 Å². The Balaban J connectivity index is 1.27. The number of thiophene rings is 1. The zero-order valence-electron chi connectivity index (χ0n) is 23.4. The monoisotopic (exact) mass is 591 g/mol. The number of amides is 2. The third-order valence-electron chi connectivity index (χ3n) is 6.94. The number of hydrogen-bond acceptors (Lipinski definition) is 8. The van der Waals surface area contributed by atoms with Crippen LogP contribution in [0.4, 0.5) is 10.7 Å². The van der Waals surface area contributed by atoms with Crippen molar-refractivity contribution in [3.8, 4) is 11.5 Å². The number of para-hydroxylation sites is 1. The molecule has 0 saturated carbocycles. The summed E-state index contributed by atoms with van der Waals surface area (Å²) in [4.78, 5) is 27.6. The number of hydrogen-bond donors (Lipinski definition) is 2. The smallest absolute Gasteiger partial charge is 0.258 e. The number of anilines is 2. The maximum Gasteiger partial charge on any atom is 0.258 e. The van der Waals surface area contributed by atoms with Gasteiger partial charge in [0, 0.05) is 23.5 Å². The van der Waals surface area contributed by atoms with Crippen molar-refractivity contribution in [2.24, 2.45) is 0 Å². The van der Waals surface area contributed by atoms with Gasteiger partial charge in [-0.2, -0.15) is 0 Å². The Hall–Kier alpha value is -3.83. The van der Waals surface area contributed by atoms with Crippen LogP contribution in [0.15, 0.2) is 53.7 Å². The van der Waals surface area contributed by atoms with Crippen molar-refractivity contribution >= 4 is 45.6 Å². The number of aryl methyl sites for hydroxylation is 1. The normalized spacial score (nSPS) is 12.5. The largest absolute Gasteiger partial charge is 0.493 e. The van der Waals surface area contributed by atoms with E-state index in [1.165, 1.54) is 28.0 Å².